The van der Waals surface area contributed by atoms with Gasteiger partial charge in [-0.25, -0.2) is 0 Å². The zero-order valence-electron chi connectivity index (χ0n) is 19.5. The second-order valence-corrected chi connectivity index (χ2v) is 8.68. The lowest BCUT2D eigenvalue weighted by Gasteiger charge is -2.30. The topological polar surface area (TPSA) is 90.3 Å². The Kier molecular flexibility index (Phi) is 6.45. The zero-order chi connectivity index (χ0) is 24.4. The summed E-state index contributed by atoms with van der Waals surface area (Å²) in [7, 11) is 3.43. The molecule has 176 valence electrons. The largest absolute Gasteiger partial charge is 0.507 e. The van der Waals surface area contributed by atoms with Crippen molar-refractivity contribution in [2.75, 3.05) is 20.6 Å². The highest BCUT2D eigenvalue weighted by atomic mass is 16.5. The van der Waals surface area contributed by atoms with Gasteiger partial charge in [-0.1, -0.05) is 36.4 Å². The van der Waals surface area contributed by atoms with Crippen molar-refractivity contribution >= 4 is 11.8 Å². The molecule has 1 aliphatic rings. The predicted octanol–water partition coefficient (Wildman–Crippen LogP) is 3.89. The van der Waals surface area contributed by atoms with Gasteiger partial charge >= 0.3 is 0 Å². The average Bonchev–Trinajstić information content (AvgIpc) is 2.84. The number of aromatic hydroxyl groups is 2. The van der Waals surface area contributed by atoms with Gasteiger partial charge in [-0.05, 0) is 42.2 Å². The molecule has 2 amide bonds. The Morgan fingerprint density at radius 1 is 1.00 bits per heavy atom. The van der Waals surface area contributed by atoms with E-state index >= 15 is 0 Å². The summed E-state index contributed by atoms with van der Waals surface area (Å²) in [6.07, 6.45) is 0.591. The third-order valence-electron chi connectivity index (χ3n) is 6.08. The van der Waals surface area contributed by atoms with Crippen molar-refractivity contribution in [3.8, 4) is 17.2 Å². The van der Waals surface area contributed by atoms with Crippen LogP contribution in [-0.2, 0) is 19.6 Å². The van der Waals surface area contributed by atoms with Crippen molar-refractivity contribution < 1.29 is 24.5 Å². The molecule has 2 N–H and O–H groups in total. The van der Waals surface area contributed by atoms with E-state index in [1.807, 2.05) is 42.5 Å². The Morgan fingerprint density at radius 2 is 1.74 bits per heavy atom. The van der Waals surface area contributed by atoms with Gasteiger partial charge < -0.3 is 24.7 Å². The lowest BCUT2D eigenvalue weighted by molar-refractivity contribution is 0.0724. The quantitative estimate of drug-likeness (QED) is 0.603. The standard InChI is InChI=1S/C27H28N2O5/c1-17-22(30)14-23(31)24(25(17)34-16-18-7-5-4-6-8-18)27(33)29-12-11-19-13-20(26(32)28(2)3)9-10-21(19)15-29/h4-10,13-14,30-31H,11-12,15-16H2,1-3H3. The Balaban J connectivity index is 1.61. The SMILES string of the molecule is Cc1c(O)cc(O)c(C(=O)N2CCc3cc(C(=O)N(C)C)ccc3C2)c1OCc1ccccc1. The molecule has 0 atom stereocenters. The first-order valence-electron chi connectivity index (χ1n) is 11.1. The summed E-state index contributed by atoms with van der Waals surface area (Å²) >= 11 is 0. The second-order valence-electron chi connectivity index (χ2n) is 8.68. The van der Waals surface area contributed by atoms with Crippen molar-refractivity contribution in [1.29, 1.82) is 0 Å². The molecule has 7 heteroatoms. The van der Waals surface area contributed by atoms with Crippen LogP contribution in [0.1, 0.15) is 43.0 Å². The molecule has 3 aromatic rings. The van der Waals surface area contributed by atoms with Crippen LogP contribution < -0.4 is 4.74 Å². The Labute approximate surface area is 198 Å². The molecular weight excluding hydrogens is 432 g/mol. The van der Waals surface area contributed by atoms with E-state index in [2.05, 4.69) is 0 Å². The van der Waals surface area contributed by atoms with Gasteiger partial charge in [-0.15, -0.1) is 0 Å². The number of benzene rings is 3. The van der Waals surface area contributed by atoms with Gasteiger partial charge in [0.25, 0.3) is 11.8 Å². The lowest BCUT2D eigenvalue weighted by Crippen LogP contribution is -2.36. The number of rotatable bonds is 5. The summed E-state index contributed by atoms with van der Waals surface area (Å²) in [5, 5.41) is 20.8. The maximum Gasteiger partial charge on any atom is 0.261 e. The number of fused-ring (bicyclic) bond motifs is 1. The van der Waals surface area contributed by atoms with Gasteiger partial charge in [-0.3, -0.25) is 9.59 Å². The number of carbonyl (C=O) groups is 2. The highest BCUT2D eigenvalue weighted by Crippen LogP contribution is 2.39. The second kappa shape index (κ2) is 9.47. The molecule has 1 aliphatic heterocycles. The van der Waals surface area contributed by atoms with Crippen molar-refractivity contribution in [3.63, 3.8) is 0 Å². The minimum Gasteiger partial charge on any atom is -0.507 e. The van der Waals surface area contributed by atoms with E-state index in [1.54, 1.807) is 32.0 Å². The van der Waals surface area contributed by atoms with Gasteiger partial charge in [0.2, 0.25) is 0 Å². The van der Waals surface area contributed by atoms with Crippen molar-refractivity contribution in [1.82, 2.24) is 9.80 Å². The summed E-state index contributed by atoms with van der Waals surface area (Å²) in [6, 6.07) is 16.2. The molecule has 7 nitrogen and oxygen atoms in total. The number of phenols is 2. The molecule has 0 bridgehead atoms. The van der Waals surface area contributed by atoms with Gasteiger partial charge in [0.05, 0.1) is 0 Å². The Morgan fingerprint density at radius 3 is 2.44 bits per heavy atom. The minimum absolute atomic E-state index is 0.0362. The summed E-state index contributed by atoms with van der Waals surface area (Å²) in [5.74, 6) is -0.731. The van der Waals surface area contributed by atoms with Crippen LogP contribution in [0.4, 0.5) is 0 Å². The fourth-order valence-electron chi connectivity index (χ4n) is 4.12. The van der Waals surface area contributed by atoms with Crippen LogP contribution >= 0.6 is 0 Å². The molecule has 0 radical (unpaired) electrons. The Bertz CT molecular complexity index is 1240. The van der Waals surface area contributed by atoms with E-state index in [9.17, 15) is 19.8 Å². The summed E-state index contributed by atoms with van der Waals surface area (Å²) < 4.78 is 5.95. The normalized spacial score (nSPS) is 12.7. The van der Waals surface area contributed by atoms with Crippen LogP contribution in [0.3, 0.4) is 0 Å². The maximum atomic E-state index is 13.5. The summed E-state index contributed by atoms with van der Waals surface area (Å²) in [5.41, 5.74) is 3.93. The molecule has 0 aromatic heterocycles. The third-order valence-corrected chi connectivity index (χ3v) is 6.08. The fourth-order valence-corrected chi connectivity index (χ4v) is 4.12. The van der Waals surface area contributed by atoms with E-state index in [-0.39, 0.29) is 41.2 Å². The number of nitrogens with zero attached hydrogens (tertiary/aromatic N) is 2. The molecule has 4 rings (SSSR count). The first-order chi connectivity index (χ1) is 16.3. The first-order valence-corrected chi connectivity index (χ1v) is 11.1. The highest BCUT2D eigenvalue weighted by molar-refractivity contribution is 6.00. The molecule has 34 heavy (non-hydrogen) atoms. The molecule has 3 aromatic carbocycles. The van der Waals surface area contributed by atoms with Crippen molar-refractivity contribution in [3.05, 3.63) is 88.0 Å². The van der Waals surface area contributed by atoms with Crippen LogP contribution in [0.15, 0.2) is 54.6 Å². The van der Waals surface area contributed by atoms with Gasteiger partial charge in [0, 0.05) is 44.4 Å². The van der Waals surface area contributed by atoms with E-state index in [0.29, 0.717) is 30.6 Å². The first kappa shape index (κ1) is 23.2. The number of phenolic OH excluding ortho intramolecular Hbond substituents is 2. The van der Waals surface area contributed by atoms with Gasteiger partial charge in [0.1, 0.15) is 29.4 Å². The number of hydrogen-bond donors (Lipinski definition) is 2. The van der Waals surface area contributed by atoms with Crippen LogP contribution in [0.25, 0.3) is 0 Å². The Hall–Kier alpha value is -4.00. The maximum absolute atomic E-state index is 13.5. The van der Waals surface area contributed by atoms with E-state index in [0.717, 1.165) is 16.7 Å². The average molecular weight is 461 g/mol. The monoisotopic (exact) mass is 460 g/mol. The highest BCUT2D eigenvalue weighted by Gasteiger charge is 2.29. The predicted molar refractivity (Wildman–Crippen MR) is 128 cm³/mol. The lowest BCUT2D eigenvalue weighted by atomic mass is 9.96. The van der Waals surface area contributed by atoms with Crippen molar-refractivity contribution in [2.45, 2.75) is 26.5 Å². The van der Waals surface area contributed by atoms with Crippen molar-refractivity contribution in [2.24, 2.45) is 0 Å². The molecule has 0 saturated carbocycles. The summed E-state index contributed by atoms with van der Waals surface area (Å²) in [6.45, 7) is 2.63. The van der Waals surface area contributed by atoms with E-state index in [1.165, 1.54) is 11.0 Å². The molecule has 0 spiro atoms. The molecule has 0 saturated heterocycles. The number of ether oxygens (including phenoxy) is 1. The fraction of sp³-hybridized carbons (Fsp3) is 0.259. The molecule has 0 aliphatic carbocycles. The zero-order valence-corrected chi connectivity index (χ0v) is 19.5. The third kappa shape index (κ3) is 4.55. The minimum atomic E-state index is -0.372. The molecule has 0 fully saturated rings. The van der Waals surface area contributed by atoms with Crippen LogP contribution in [-0.4, -0.2) is 52.5 Å². The van der Waals surface area contributed by atoms with Crippen LogP contribution in [0, 0.1) is 6.92 Å². The van der Waals surface area contributed by atoms with Crippen LogP contribution in [0.5, 0.6) is 17.2 Å². The van der Waals surface area contributed by atoms with Crippen LogP contribution in [0.2, 0.25) is 0 Å². The van der Waals surface area contributed by atoms with E-state index in [4.69, 9.17) is 4.74 Å². The molecule has 0 unspecified atom stereocenters. The smallest absolute Gasteiger partial charge is 0.261 e. The number of carbonyl (C=O) groups excluding carboxylic acids is 2. The molecule has 1 heterocycles. The van der Waals surface area contributed by atoms with E-state index < -0.39 is 0 Å². The number of hydrogen-bond acceptors (Lipinski definition) is 5. The number of amides is 2. The van der Waals surface area contributed by atoms with Gasteiger partial charge in [0.15, 0.2) is 0 Å². The summed E-state index contributed by atoms with van der Waals surface area (Å²) in [4.78, 5) is 29.0. The molecular formula is C27H28N2O5. The van der Waals surface area contributed by atoms with Gasteiger partial charge in [-0.2, -0.15) is 0 Å².